The first-order valence-electron chi connectivity index (χ1n) is 7.69. The zero-order valence-electron chi connectivity index (χ0n) is 13.3. The Bertz CT molecular complexity index is 800. The molecule has 0 radical (unpaired) electrons. The molecule has 0 spiro atoms. The first-order chi connectivity index (χ1) is 10.7. The highest BCUT2D eigenvalue weighted by Crippen LogP contribution is 2.35. The first-order valence-corrected chi connectivity index (χ1v) is 7.69. The molecule has 0 bridgehead atoms. The first kappa shape index (κ1) is 14.5. The Morgan fingerprint density at radius 1 is 1.05 bits per heavy atom. The van der Waals surface area contributed by atoms with E-state index in [1.807, 2.05) is 38.2 Å². The van der Waals surface area contributed by atoms with Gasteiger partial charge in [0.05, 0.1) is 17.8 Å². The molecule has 3 aromatic rings. The topological polar surface area (TPSA) is 34.4 Å². The summed E-state index contributed by atoms with van der Waals surface area (Å²) in [5.74, 6) is 1.19. The third-order valence-corrected chi connectivity index (χ3v) is 4.08. The molecule has 0 aliphatic rings. The average Bonchev–Trinajstić information content (AvgIpc) is 2.80. The number of benzene rings is 2. The molecule has 1 heterocycles. The third kappa shape index (κ3) is 2.33. The predicted octanol–water partition coefficient (Wildman–Crippen LogP) is 4.51. The maximum absolute atomic E-state index is 9.76. The van der Waals surface area contributed by atoms with E-state index in [9.17, 15) is 5.11 Å². The van der Waals surface area contributed by atoms with Crippen molar-refractivity contribution in [2.24, 2.45) is 7.05 Å². The van der Waals surface area contributed by atoms with Gasteiger partial charge in [-0.15, -0.1) is 0 Å². The fraction of sp³-hybridized carbons (Fsp3) is 0.263. The molecule has 114 valence electrons. The number of phenolic OH excluding ortho intramolecular Hbond substituents is 1. The summed E-state index contributed by atoms with van der Waals surface area (Å²) < 4.78 is 7.67. The quantitative estimate of drug-likeness (QED) is 0.768. The van der Waals surface area contributed by atoms with E-state index in [1.165, 1.54) is 22.2 Å². The summed E-state index contributed by atoms with van der Waals surface area (Å²) in [5.41, 5.74) is 4.73. The molecular weight excluding hydrogens is 274 g/mol. The molecule has 3 rings (SSSR count). The Morgan fingerprint density at radius 3 is 2.41 bits per heavy atom. The zero-order valence-corrected chi connectivity index (χ0v) is 13.3. The van der Waals surface area contributed by atoms with Crippen LogP contribution >= 0.6 is 0 Å². The van der Waals surface area contributed by atoms with Crippen LogP contribution in [0.15, 0.2) is 42.5 Å². The summed E-state index contributed by atoms with van der Waals surface area (Å²) >= 11 is 0. The van der Waals surface area contributed by atoms with Crippen molar-refractivity contribution in [3.63, 3.8) is 0 Å². The molecule has 1 aromatic heterocycles. The largest absolute Gasteiger partial charge is 0.508 e. The van der Waals surface area contributed by atoms with Crippen LogP contribution in [0.3, 0.4) is 0 Å². The molecule has 0 fully saturated rings. The number of hydrogen-bond acceptors (Lipinski definition) is 2. The van der Waals surface area contributed by atoms with E-state index >= 15 is 0 Å². The summed E-state index contributed by atoms with van der Waals surface area (Å²) in [6.07, 6.45) is 0.949. The van der Waals surface area contributed by atoms with Crippen LogP contribution in [0.2, 0.25) is 0 Å². The molecule has 0 atom stereocenters. The van der Waals surface area contributed by atoms with Crippen LogP contribution < -0.4 is 4.74 Å². The lowest BCUT2D eigenvalue weighted by Crippen LogP contribution is -1.95. The molecule has 0 unspecified atom stereocenters. The standard InChI is InChI=1S/C19H21NO2/c1-4-16-17-11-8-14(21)12-18(17)20(3)19(16)13-6-9-15(10-7-13)22-5-2/h6-12,21H,4-5H2,1-3H3. The molecule has 2 aromatic carbocycles. The number of aromatic hydroxyl groups is 1. The van der Waals surface area contributed by atoms with E-state index in [0.29, 0.717) is 12.4 Å². The van der Waals surface area contributed by atoms with Crippen LogP contribution in [0.25, 0.3) is 22.2 Å². The van der Waals surface area contributed by atoms with Gasteiger partial charge in [-0.25, -0.2) is 0 Å². The molecule has 3 heteroatoms. The van der Waals surface area contributed by atoms with Gasteiger partial charge in [-0.05, 0) is 60.9 Å². The van der Waals surface area contributed by atoms with Crippen LogP contribution in [0.4, 0.5) is 0 Å². The second-order valence-electron chi connectivity index (χ2n) is 5.40. The lowest BCUT2D eigenvalue weighted by atomic mass is 10.0. The molecule has 0 aliphatic carbocycles. The minimum Gasteiger partial charge on any atom is -0.508 e. The van der Waals surface area contributed by atoms with E-state index in [2.05, 4.69) is 23.6 Å². The highest BCUT2D eigenvalue weighted by Gasteiger charge is 2.15. The minimum atomic E-state index is 0.300. The van der Waals surface area contributed by atoms with Crippen LogP contribution in [-0.4, -0.2) is 16.3 Å². The normalized spacial score (nSPS) is 11.0. The monoisotopic (exact) mass is 295 g/mol. The van der Waals surface area contributed by atoms with Crippen molar-refractivity contribution in [2.45, 2.75) is 20.3 Å². The summed E-state index contributed by atoms with van der Waals surface area (Å²) in [5, 5.41) is 11.0. The second-order valence-corrected chi connectivity index (χ2v) is 5.40. The van der Waals surface area contributed by atoms with Gasteiger partial charge in [0.15, 0.2) is 0 Å². The highest BCUT2D eigenvalue weighted by atomic mass is 16.5. The maximum Gasteiger partial charge on any atom is 0.119 e. The van der Waals surface area contributed by atoms with Crippen molar-refractivity contribution < 1.29 is 9.84 Å². The number of fused-ring (bicyclic) bond motifs is 1. The van der Waals surface area contributed by atoms with Gasteiger partial charge in [-0.1, -0.05) is 6.92 Å². The Kier molecular flexibility index (Phi) is 3.80. The van der Waals surface area contributed by atoms with Crippen molar-refractivity contribution in [2.75, 3.05) is 6.61 Å². The van der Waals surface area contributed by atoms with E-state index < -0.39 is 0 Å². The minimum absolute atomic E-state index is 0.300. The molecule has 3 nitrogen and oxygen atoms in total. The van der Waals surface area contributed by atoms with Crippen molar-refractivity contribution in [3.8, 4) is 22.8 Å². The van der Waals surface area contributed by atoms with E-state index in [0.717, 1.165) is 17.7 Å². The Morgan fingerprint density at radius 2 is 1.77 bits per heavy atom. The van der Waals surface area contributed by atoms with Crippen LogP contribution in [0.5, 0.6) is 11.5 Å². The van der Waals surface area contributed by atoms with Crippen LogP contribution in [0, 0.1) is 0 Å². The highest BCUT2D eigenvalue weighted by molar-refractivity contribution is 5.92. The van der Waals surface area contributed by atoms with Crippen molar-refractivity contribution in [1.82, 2.24) is 4.57 Å². The van der Waals surface area contributed by atoms with Gasteiger partial charge in [0.25, 0.3) is 0 Å². The summed E-state index contributed by atoms with van der Waals surface area (Å²) in [7, 11) is 2.05. The van der Waals surface area contributed by atoms with Gasteiger partial charge in [-0.3, -0.25) is 0 Å². The van der Waals surface area contributed by atoms with Gasteiger partial charge in [0, 0.05) is 18.5 Å². The average molecular weight is 295 g/mol. The van der Waals surface area contributed by atoms with Gasteiger partial charge < -0.3 is 14.4 Å². The second kappa shape index (κ2) is 5.76. The van der Waals surface area contributed by atoms with Crippen LogP contribution in [0.1, 0.15) is 19.4 Å². The predicted molar refractivity (Wildman–Crippen MR) is 90.6 cm³/mol. The molecule has 0 amide bonds. The molecule has 1 N–H and O–H groups in total. The smallest absolute Gasteiger partial charge is 0.119 e. The fourth-order valence-electron chi connectivity index (χ4n) is 3.10. The number of hydrogen-bond donors (Lipinski definition) is 1. The molecule has 22 heavy (non-hydrogen) atoms. The summed E-state index contributed by atoms with van der Waals surface area (Å²) in [6.45, 7) is 4.83. The molecule has 0 aliphatic heterocycles. The number of aromatic nitrogens is 1. The van der Waals surface area contributed by atoms with E-state index in [4.69, 9.17) is 4.74 Å². The van der Waals surface area contributed by atoms with Crippen LogP contribution in [-0.2, 0) is 13.5 Å². The fourth-order valence-corrected chi connectivity index (χ4v) is 3.10. The SMILES string of the molecule is CCOc1ccc(-c2c(CC)c3ccc(O)cc3n2C)cc1. The number of ether oxygens (including phenoxy) is 1. The number of nitrogens with zero attached hydrogens (tertiary/aromatic N) is 1. The van der Waals surface area contributed by atoms with Crippen molar-refractivity contribution >= 4 is 10.9 Å². The maximum atomic E-state index is 9.76. The number of rotatable bonds is 4. The molecule has 0 saturated carbocycles. The van der Waals surface area contributed by atoms with Gasteiger partial charge >= 0.3 is 0 Å². The molecule has 0 saturated heterocycles. The lowest BCUT2D eigenvalue weighted by Gasteiger charge is -2.09. The van der Waals surface area contributed by atoms with E-state index in [-0.39, 0.29) is 0 Å². The van der Waals surface area contributed by atoms with Gasteiger partial charge in [0.2, 0.25) is 0 Å². The van der Waals surface area contributed by atoms with Crippen molar-refractivity contribution in [3.05, 3.63) is 48.0 Å². The summed E-state index contributed by atoms with van der Waals surface area (Å²) in [4.78, 5) is 0. The van der Waals surface area contributed by atoms with Crippen molar-refractivity contribution in [1.29, 1.82) is 0 Å². The van der Waals surface area contributed by atoms with Gasteiger partial charge in [-0.2, -0.15) is 0 Å². The Balaban J connectivity index is 2.19. The Hall–Kier alpha value is -2.42. The number of phenols is 1. The molecular formula is C19H21NO2. The third-order valence-electron chi connectivity index (χ3n) is 4.08. The van der Waals surface area contributed by atoms with Gasteiger partial charge in [0.1, 0.15) is 11.5 Å². The zero-order chi connectivity index (χ0) is 15.7. The summed E-state index contributed by atoms with van der Waals surface area (Å²) in [6, 6.07) is 13.8. The Labute approximate surface area is 130 Å². The van der Waals surface area contributed by atoms with E-state index in [1.54, 1.807) is 6.07 Å². The number of aryl methyl sites for hydroxylation is 2. The lowest BCUT2D eigenvalue weighted by molar-refractivity contribution is 0.340.